The van der Waals surface area contributed by atoms with Crippen molar-refractivity contribution in [3.63, 3.8) is 0 Å². The Morgan fingerprint density at radius 2 is 2.00 bits per heavy atom. The smallest absolute Gasteiger partial charge is 0.314 e. The number of hydrogen-bond donors (Lipinski definition) is 4. The summed E-state index contributed by atoms with van der Waals surface area (Å²) >= 11 is 0. The summed E-state index contributed by atoms with van der Waals surface area (Å²) in [7, 11) is 0. The lowest BCUT2D eigenvalue weighted by Crippen LogP contribution is -2.46. The molecular weight excluding hydrogens is 266 g/mol. The van der Waals surface area contributed by atoms with Crippen LogP contribution in [0.2, 0.25) is 0 Å². The van der Waals surface area contributed by atoms with Crippen LogP contribution in [0.4, 0.5) is 5.69 Å². The van der Waals surface area contributed by atoms with Crippen molar-refractivity contribution >= 4 is 5.69 Å². The molecule has 1 heterocycles. The molecule has 2 rings (SSSR count). The summed E-state index contributed by atoms with van der Waals surface area (Å²) in [5, 5.41) is 42.7. The molecule has 0 unspecified atom stereocenters. The first-order valence-electron chi connectivity index (χ1n) is 6.30. The predicted octanol–water partition coefficient (Wildman–Crippen LogP) is -0.0554. The quantitative estimate of drug-likeness (QED) is 0.347. The molecule has 0 aliphatic carbocycles. The van der Waals surface area contributed by atoms with Gasteiger partial charge in [-0.1, -0.05) is 0 Å². The lowest BCUT2D eigenvalue weighted by atomic mass is 10.0. The summed E-state index contributed by atoms with van der Waals surface area (Å²) in [6.07, 6.45) is 0. The van der Waals surface area contributed by atoms with Gasteiger partial charge in [0.15, 0.2) is 5.75 Å². The van der Waals surface area contributed by atoms with E-state index in [1.807, 2.05) is 4.90 Å². The van der Waals surface area contributed by atoms with Crippen LogP contribution in [0.25, 0.3) is 0 Å². The summed E-state index contributed by atoms with van der Waals surface area (Å²) in [4.78, 5) is 12.1. The number of phenols is 2. The number of nitro groups is 1. The van der Waals surface area contributed by atoms with Gasteiger partial charge in [-0.05, 0) is 11.6 Å². The largest absolute Gasteiger partial charge is 0.504 e. The van der Waals surface area contributed by atoms with Gasteiger partial charge < -0.3 is 20.6 Å². The van der Waals surface area contributed by atoms with E-state index in [0.717, 1.165) is 13.1 Å². The first-order valence-corrected chi connectivity index (χ1v) is 6.30. The number of phenolic OH excluding ortho intramolecular Hbond substituents is 2. The average molecular weight is 283 g/mol. The van der Waals surface area contributed by atoms with Gasteiger partial charge >= 0.3 is 5.69 Å². The highest BCUT2D eigenvalue weighted by atomic mass is 16.6. The van der Waals surface area contributed by atoms with Crippen molar-refractivity contribution in [2.45, 2.75) is 6.04 Å². The number of nitrogens with one attached hydrogen (secondary N) is 1. The van der Waals surface area contributed by atoms with Gasteiger partial charge in [0.1, 0.15) is 0 Å². The highest BCUT2D eigenvalue weighted by Crippen LogP contribution is 2.38. The molecule has 8 heteroatoms. The highest BCUT2D eigenvalue weighted by Gasteiger charge is 2.26. The summed E-state index contributed by atoms with van der Waals surface area (Å²) in [5.41, 5.74) is -0.148. The minimum atomic E-state index is -0.759. The second kappa shape index (κ2) is 6.04. The molecule has 1 saturated heterocycles. The van der Waals surface area contributed by atoms with Gasteiger partial charge in [-0.2, -0.15) is 0 Å². The Morgan fingerprint density at radius 3 is 2.55 bits per heavy atom. The summed E-state index contributed by atoms with van der Waals surface area (Å²) in [5.74, 6) is -1.31. The first kappa shape index (κ1) is 14.5. The van der Waals surface area contributed by atoms with E-state index in [0.29, 0.717) is 18.7 Å². The maximum atomic E-state index is 10.9. The average Bonchev–Trinajstić information content (AvgIpc) is 2.44. The minimum absolute atomic E-state index is 0.221. The summed E-state index contributed by atoms with van der Waals surface area (Å²) in [6, 6.07) is 2.01. The van der Waals surface area contributed by atoms with Gasteiger partial charge in [0.05, 0.1) is 17.6 Å². The lowest BCUT2D eigenvalue weighted by Gasteiger charge is -2.34. The zero-order valence-corrected chi connectivity index (χ0v) is 10.8. The molecule has 20 heavy (non-hydrogen) atoms. The van der Waals surface area contributed by atoms with Gasteiger partial charge in [0.2, 0.25) is 5.75 Å². The number of rotatable bonds is 4. The number of aliphatic hydroxyl groups excluding tert-OH is 1. The number of nitrogens with zero attached hydrogens (tertiary/aromatic N) is 2. The lowest BCUT2D eigenvalue weighted by molar-refractivity contribution is -0.386. The number of aliphatic hydroxyl groups is 1. The van der Waals surface area contributed by atoms with Gasteiger partial charge in [-0.25, -0.2) is 0 Å². The second-order valence-corrected chi connectivity index (χ2v) is 4.65. The number of hydrogen-bond acceptors (Lipinski definition) is 7. The third kappa shape index (κ3) is 2.82. The zero-order chi connectivity index (χ0) is 14.7. The van der Waals surface area contributed by atoms with E-state index in [1.54, 1.807) is 0 Å². The maximum absolute atomic E-state index is 10.9. The van der Waals surface area contributed by atoms with Crippen LogP contribution in [-0.4, -0.2) is 57.9 Å². The number of benzene rings is 1. The first-order chi connectivity index (χ1) is 9.54. The van der Waals surface area contributed by atoms with E-state index in [4.69, 9.17) is 0 Å². The molecule has 110 valence electrons. The normalized spacial score (nSPS) is 17.9. The topological polar surface area (TPSA) is 119 Å². The summed E-state index contributed by atoms with van der Waals surface area (Å²) < 4.78 is 0. The molecular formula is C12H17N3O5. The van der Waals surface area contributed by atoms with Crippen molar-refractivity contribution in [2.24, 2.45) is 0 Å². The number of piperazine rings is 1. The highest BCUT2D eigenvalue weighted by molar-refractivity contribution is 5.57. The molecule has 0 saturated carbocycles. The van der Waals surface area contributed by atoms with Gasteiger partial charge in [0.25, 0.3) is 0 Å². The van der Waals surface area contributed by atoms with Crippen molar-refractivity contribution in [3.05, 3.63) is 27.8 Å². The van der Waals surface area contributed by atoms with Gasteiger partial charge in [0, 0.05) is 32.2 Å². The van der Waals surface area contributed by atoms with Crippen LogP contribution in [0.15, 0.2) is 12.1 Å². The molecule has 0 aromatic heterocycles. The van der Waals surface area contributed by atoms with Crippen molar-refractivity contribution in [1.82, 2.24) is 10.2 Å². The van der Waals surface area contributed by atoms with Crippen LogP contribution in [0.3, 0.4) is 0 Å². The number of aromatic hydroxyl groups is 2. The van der Waals surface area contributed by atoms with Crippen LogP contribution in [0.5, 0.6) is 11.5 Å². The van der Waals surface area contributed by atoms with Gasteiger partial charge in [-0.3, -0.25) is 15.0 Å². The van der Waals surface area contributed by atoms with Crippen LogP contribution in [-0.2, 0) is 0 Å². The molecule has 0 radical (unpaired) electrons. The van der Waals surface area contributed by atoms with E-state index in [9.17, 15) is 25.4 Å². The molecule has 0 bridgehead atoms. The van der Waals surface area contributed by atoms with E-state index >= 15 is 0 Å². The molecule has 1 aliphatic heterocycles. The second-order valence-electron chi connectivity index (χ2n) is 4.65. The maximum Gasteiger partial charge on any atom is 0.314 e. The van der Waals surface area contributed by atoms with Crippen LogP contribution in [0, 0.1) is 10.1 Å². The molecule has 0 amide bonds. The standard InChI is InChI=1S/C12H17N3O5/c16-7-10(14-3-1-13-2-4-14)8-5-9(15(19)20)12(18)11(17)6-8/h5-6,10,13,16-18H,1-4,7H2/t10-/m1/s1. The van der Waals surface area contributed by atoms with E-state index in [-0.39, 0.29) is 6.61 Å². The van der Waals surface area contributed by atoms with Crippen LogP contribution < -0.4 is 5.32 Å². The van der Waals surface area contributed by atoms with Crippen molar-refractivity contribution in [2.75, 3.05) is 32.8 Å². The molecule has 8 nitrogen and oxygen atoms in total. The zero-order valence-electron chi connectivity index (χ0n) is 10.8. The minimum Gasteiger partial charge on any atom is -0.504 e. The van der Waals surface area contributed by atoms with Crippen molar-refractivity contribution in [3.8, 4) is 11.5 Å². The van der Waals surface area contributed by atoms with E-state index in [1.165, 1.54) is 12.1 Å². The third-order valence-corrected chi connectivity index (χ3v) is 3.44. The SMILES string of the molecule is O=[N+]([O-])c1cc([C@@H](CO)N2CCNCC2)cc(O)c1O. The fourth-order valence-corrected chi connectivity index (χ4v) is 2.38. The Hall–Kier alpha value is -1.90. The molecule has 1 fully saturated rings. The summed E-state index contributed by atoms with van der Waals surface area (Å²) in [6.45, 7) is 2.70. The monoisotopic (exact) mass is 283 g/mol. The Bertz CT molecular complexity index is 502. The fraction of sp³-hybridized carbons (Fsp3) is 0.500. The van der Waals surface area contributed by atoms with Gasteiger partial charge in [-0.15, -0.1) is 0 Å². The van der Waals surface area contributed by atoms with Crippen molar-refractivity contribution < 1.29 is 20.2 Å². The molecule has 4 N–H and O–H groups in total. The molecule has 1 aromatic rings. The van der Waals surface area contributed by atoms with Crippen LogP contribution >= 0.6 is 0 Å². The molecule has 1 aromatic carbocycles. The predicted molar refractivity (Wildman–Crippen MR) is 70.7 cm³/mol. The fourth-order valence-electron chi connectivity index (χ4n) is 2.38. The van der Waals surface area contributed by atoms with E-state index in [2.05, 4.69) is 5.32 Å². The molecule has 1 aliphatic rings. The van der Waals surface area contributed by atoms with Crippen LogP contribution in [0.1, 0.15) is 11.6 Å². The Balaban J connectivity index is 2.36. The van der Waals surface area contributed by atoms with Crippen molar-refractivity contribution in [1.29, 1.82) is 0 Å². The Morgan fingerprint density at radius 1 is 1.35 bits per heavy atom. The Labute approximate surface area is 115 Å². The van der Waals surface area contributed by atoms with E-state index < -0.39 is 28.2 Å². The Kier molecular flexibility index (Phi) is 4.38. The molecule has 1 atom stereocenters. The number of nitro benzene ring substituents is 1. The molecule has 0 spiro atoms. The third-order valence-electron chi connectivity index (χ3n) is 3.44.